The third kappa shape index (κ3) is 15.4. The number of aromatic nitrogens is 6. The van der Waals surface area contributed by atoms with Gasteiger partial charge in [0.05, 0.1) is 49.9 Å². The Morgan fingerprint density at radius 1 is 0.894 bits per heavy atom. The summed E-state index contributed by atoms with van der Waals surface area (Å²) in [5.74, 6) is 2.66. The van der Waals surface area contributed by atoms with Gasteiger partial charge in [0, 0.05) is 110 Å². The molecule has 452 valence electrons. The Labute approximate surface area is 501 Å². The van der Waals surface area contributed by atoms with Crippen LogP contribution in [0.1, 0.15) is 138 Å². The van der Waals surface area contributed by atoms with Crippen LogP contribution in [0, 0.1) is 18.3 Å². The molecule has 4 aliphatic rings. The molecule has 3 aliphatic heterocycles. The van der Waals surface area contributed by atoms with E-state index < -0.39 is 0 Å². The number of carbonyl (C=O) groups excluding carboxylic acids is 2. The van der Waals surface area contributed by atoms with E-state index in [0.717, 1.165) is 162 Å². The van der Waals surface area contributed by atoms with Crippen LogP contribution in [-0.4, -0.2) is 124 Å². The molecule has 18 heteroatoms. The van der Waals surface area contributed by atoms with Crippen LogP contribution in [0.2, 0.25) is 0 Å². The number of nitrogens with two attached hydrogens (primary N) is 1. The van der Waals surface area contributed by atoms with Crippen LogP contribution in [0.25, 0.3) is 50.5 Å². The van der Waals surface area contributed by atoms with Gasteiger partial charge in [-0.3, -0.25) is 19.0 Å². The topological polar surface area (TPSA) is 224 Å². The third-order valence-corrected chi connectivity index (χ3v) is 16.4. The summed E-state index contributed by atoms with van der Waals surface area (Å²) in [5, 5.41) is 33.2. The number of ether oxygens (including phenoxy) is 3. The molecule has 6 N–H and O–H groups in total. The number of nitrogen functional groups attached to an aromatic ring is 1. The Morgan fingerprint density at radius 3 is 2.22 bits per heavy atom. The second-order valence-electron chi connectivity index (χ2n) is 22.4. The van der Waals surface area contributed by atoms with E-state index in [0.29, 0.717) is 55.8 Å². The Kier molecular flexibility index (Phi) is 22.7. The van der Waals surface area contributed by atoms with Gasteiger partial charge < -0.3 is 50.9 Å². The molecule has 2 amide bonds. The summed E-state index contributed by atoms with van der Waals surface area (Å²) in [5.41, 5.74) is 20.1. The summed E-state index contributed by atoms with van der Waals surface area (Å²) in [7, 11) is 1.94. The summed E-state index contributed by atoms with van der Waals surface area (Å²) >= 11 is 0. The number of anilines is 3. The fourth-order valence-corrected chi connectivity index (χ4v) is 11.2. The van der Waals surface area contributed by atoms with Crippen LogP contribution >= 0.6 is 0 Å². The molecule has 3 saturated heterocycles. The second-order valence-corrected chi connectivity index (χ2v) is 22.4. The van der Waals surface area contributed by atoms with Crippen molar-refractivity contribution in [3.05, 3.63) is 120 Å². The zero-order chi connectivity index (χ0) is 60.4. The Morgan fingerprint density at radius 2 is 1.61 bits per heavy atom. The molecule has 4 fully saturated rings. The van der Waals surface area contributed by atoms with Crippen LogP contribution in [0.4, 0.5) is 17.2 Å². The van der Waals surface area contributed by atoms with Gasteiger partial charge in [-0.2, -0.15) is 20.2 Å². The van der Waals surface area contributed by atoms with Crippen LogP contribution in [0.5, 0.6) is 11.8 Å². The minimum atomic E-state index is -0.359. The zero-order valence-corrected chi connectivity index (χ0v) is 50.9. The molecule has 7 aromatic rings. The monoisotopic (exact) mass is 1160 g/mol. The number of carbonyl (C=O) groups is 2. The van der Waals surface area contributed by atoms with E-state index in [4.69, 9.17) is 35.3 Å². The number of aliphatic hydroxyl groups excluding tert-OH is 1. The lowest BCUT2D eigenvalue weighted by molar-refractivity contribution is -0.117. The Hall–Kier alpha value is -8.09. The van der Waals surface area contributed by atoms with Crippen molar-refractivity contribution in [3.8, 4) is 45.3 Å². The van der Waals surface area contributed by atoms with Gasteiger partial charge in [0.2, 0.25) is 12.8 Å². The van der Waals surface area contributed by atoms with Crippen LogP contribution < -0.4 is 30.7 Å². The summed E-state index contributed by atoms with van der Waals surface area (Å²) in [6.45, 7) is 23.1. The first-order valence-electron chi connectivity index (χ1n) is 30.4. The zero-order valence-electron chi connectivity index (χ0n) is 50.9. The summed E-state index contributed by atoms with van der Waals surface area (Å²) in [6, 6.07) is 24.6. The van der Waals surface area contributed by atoms with E-state index in [2.05, 4.69) is 84.4 Å². The highest BCUT2D eigenvalue weighted by Crippen LogP contribution is 2.53. The predicted molar refractivity (Wildman–Crippen MR) is 342 cm³/mol. The Bertz CT molecular complexity index is 3320. The fourth-order valence-electron chi connectivity index (χ4n) is 11.2. The number of hydrogen-bond donors (Lipinski definition) is 5. The van der Waals surface area contributed by atoms with Gasteiger partial charge in [0.25, 0.3) is 0 Å². The highest BCUT2D eigenvalue weighted by atomic mass is 16.5. The molecule has 4 aromatic carbocycles. The fraction of sp³-hybridized carbons (Fsp3) is 0.448. The van der Waals surface area contributed by atoms with Crippen molar-refractivity contribution in [2.24, 2.45) is 5.92 Å². The smallest absolute Gasteiger partial charge is 0.319 e. The molecule has 6 heterocycles. The number of fused-ring (bicyclic) bond motifs is 1. The molecular weight excluding hydrogens is 1070 g/mol. The van der Waals surface area contributed by atoms with Crippen LogP contribution in [0.15, 0.2) is 91.8 Å². The minimum Gasteiger partial charge on any atom is -0.491 e. The first-order chi connectivity index (χ1) is 41.4. The summed E-state index contributed by atoms with van der Waals surface area (Å²) in [4.78, 5) is 34.7. The number of rotatable bonds is 20. The maximum atomic E-state index is 10.5. The second kappa shape index (κ2) is 30.6. The van der Waals surface area contributed by atoms with Crippen LogP contribution in [-0.2, 0) is 20.9 Å². The molecule has 18 nitrogen and oxygen atoms in total. The van der Waals surface area contributed by atoms with Crippen molar-refractivity contribution >= 4 is 53.2 Å². The molecule has 1 aliphatic carbocycles. The SMILES string of the molecule is C=Cc1nn(C(C)C(C)C)cc1-c1ccccc1NC.CCOc1c(-c2c(C)ccc(N)c2C=N)c(C2CC2)cc2c(N3CCCCC3)nc(OC3CCOCC3)nc12.CCn1nccc1-c1ccc(C(CO)NC=O)cc1.O=CN1CCCC1. The normalized spacial score (nSPS) is 15.7. The average Bonchev–Trinajstić information content (AvgIpc) is 1.95. The van der Waals surface area contributed by atoms with Crippen LogP contribution in [0.3, 0.4) is 0 Å². The molecule has 3 aromatic heterocycles. The molecule has 0 spiro atoms. The van der Waals surface area contributed by atoms with Crippen molar-refractivity contribution < 1.29 is 28.9 Å². The molecule has 2 unspecified atom stereocenters. The minimum absolute atomic E-state index is 0.0341. The lowest BCUT2D eigenvalue weighted by Gasteiger charge is -2.30. The number of benzene rings is 4. The van der Waals surface area contributed by atoms with E-state index in [1.165, 1.54) is 31.0 Å². The molecule has 2 atom stereocenters. The van der Waals surface area contributed by atoms with Gasteiger partial charge in [-0.25, -0.2) is 0 Å². The van der Waals surface area contributed by atoms with Gasteiger partial charge in [-0.15, -0.1) is 0 Å². The van der Waals surface area contributed by atoms with E-state index in [1.807, 2.05) is 90.9 Å². The van der Waals surface area contributed by atoms with Crippen molar-refractivity contribution in [2.45, 2.75) is 130 Å². The number of hydrogen-bond acceptors (Lipinski definition) is 14. The standard InChI is InChI=1S/C31H39N5O3.C17H23N3.C14H17N3O2.C5H9NO/c1-3-38-29-27(26-19(2)7-10-25(33)24(26)18-32)22(20-8-9-20)17-23-28(29)34-31(39-21-11-15-37-16-12-21)35-30(23)36-13-5-4-6-14-36;1-6-16-15(11-20(19-16)13(4)12(2)3)14-9-7-8-10-17(14)18-5;1-2-17-14(7-8-16-17)12-5-3-11(4-6-12)13(9-18)15-10-19;7-5-6-3-1-2-4-6/h7,10,17-18,20-21,32H,3-6,8-9,11-16,33H2,1-2H3;6-13,18H,1H2,2-5H3;3-8,10,13,18H,2,9H2,1H3,(H,15,19);5H,1-4H2. The number of aryl methyl sites for hydroxylation is 2. The van der Waals surface area contributed by atoms with Gasteiger partial charge in [0.15, 0.2) is 5.75 Å². The largest absolute Gasteiger partial charge is 0.491 e. The van der Waals surface area contributed by atoms with Crippen molar-refractivity contribution in [2.75, 3.05) is 75.6 Å². The molecule has 85 heavy (non-hydrogen) atoms. The predicted octanol–water partition coefficient (Wildman–Crippen LogP) is 12.0. The van der Waals surface area contributed by atoms with Crippen molar-refractivity contribution in [1.82, 2.24) is 39.7 Å². The number of aliphatic hydroxyl groups is 1. The average molecular weight is 1160 g/mol. The number of piperidine rings is 1. The molecule has 0 bridgehead atoms. The highest BCUT2D eigenvalue weighted by molar-refractivity contribution is 6.05. The summed E-state index contributed by atoms with van der Waals surface area (Å²) in [6.07, 6.45) is 18.5. The first-order valence-corrected chi connectivity index (χ1v) is 30.4. The number of nitrogens with one attached hydrogen (secondary N) is 3. The lowest BCUT2D eigenvalue weighted by atomic mass is 9.87. The van der Waals surface area contributed by atoms with Crippen molar-refractivity contribution in [3.63, 3.8) is 0 Å². The highest BCUT2D eigenvalue weighted by Gasteiger charge is 2.34. The third-order valence-electron chi connectivity index (χ3n) is 16.4. The lowest BCUT2D eigenvalue weighted by Crippen LogP contribution is -2.31. The van der Waals surface area contributed by atoms with Crippen molar-refractivity contribution in [1.29, 1.82) is 5.41 Å². The molecular formula is C67H88N12O6. The number of amides is 2. The molecule has 0 radical (unpaired) electrons. The quantitative estimate of drug-likeness (QED) is 0.0272. The Balaban J connectivity index is 0.000000171. The number of likely N-dealkylation sites (tertiary alicyclic amines) is 1. The molecule has 11 rings (SSSR count). The number of nitrogens with zero attached hydrogens (tertiary/aromatic N) is 8. The van der Waals surface area contributed by atoms with E-state index in [1.54, 1.807) is 11.1 Å². The van der Waals surface area contributed by atoms with Gasteiger partial charge in [-0.1, -0.05) is 69.0 Å². The van der Waals surface area contributed by atoms with Gasteiger partial charge in [0.1, 0.15) is 17.4 Å². The maximum absolute atomic E-state index is 10.5. The number of para-hydroxylation sites is 1. The molecule has 1 saturated carbocycles. The van der Waals surface area contributed by atoms with Gasteiger partial charge in [-0.05, 0) is 143 Å². The van der Waals surface area contributed by atoms with Gasteiger partial charge >= 0.3 is 6.01 Å². The van der Waals surface area contributed by atoms with E-state index in [-0.39, 0.29) is 18.8 Å². The maximum Gasteiger partial charge on any atom is 0.319 e. The first kappa shape index (κ1) is 62.9. The summed E-state index contributed by atoms with van der Waals surface area (Å²) < 4.78 is 22.4. The van der Waals surface area contributed by atoms with E-state index in [9.17, 15) is 14.7 Å². The van der Waals surface area contributed by atoms with E-state index >= 15 is 0 Å².